The number of methoxy groups -OCH3 is 1. The number of amides is 1. The molecule has 0 atom stereocenters. The first-order valence-corrected chi connectivity index (χ1v) is 10.8. The molecular formula is C21H20FNO5S. The molecule has 0 bridgehead atoms. The van der Waals surface area contributed by atoms with Gasteiger partial charge in [-0.1, -0.05) is 12.1 Å². The van der Waals surface area contributed by atoms with E-state index in [0.29, 0.717) is 37.3 Å². The number of piperidine rings is 1. The van der Waals surface area contributed by atoms with Crippen LogP contribution in [0.5, 0.6) is 5.75 Å². The Balaban J connectivity index is 1.48. The van der Waals surface area contributed by atoms with E-state index in [0.717, 1.165) is 17.5 Å². The zero-order valence-electron chi connectivity index (χ0n) is 15.8. The van der Waals surface area contributed by atoms with Gasteiger partial charge < -0.3 is 14.1 Å². The lowest BCUT2D eigenvalue weighted by atomic mass is 10.1. The van der Waals surface area contributed by atoms with Crippen molar-refractivity contribution in [1.29, 1.82) is 0 Å². The van der Waals surface area contributed by atoms with Gasteiger partial charge in [-0.2, -0.15) is 0 Å². The van der Waals surface area contributed by atoms with Crippen LogP contribution in [0.4, 0.5) is 4.39 Å². The Morgan fingerprint density at radius 1 is 1.14 bits per heavy atom. The Morgan fingerprint density at radius 3 is 2.48 bits per heavy atom. The highest BCUT2D eigenvalue weighted by atomic mass is 32.2. The van der Waals surface area contributed by atoms with Crippen LogP contribution >= 0.6 is 0 Å². The van der Waals surface area contributed by atoms with Crippen molar-refractivity contribution in [2.75, 3.05) is 20.2 Å². The summed E-state index contributed by atoms with van der Waals surface area (Å²) < 4.78 is 49.6. The molecule has 1 aromatic heterocycles. The van der Waals surface area contributed by atoms with Gasteiger partial charge in [0, 0.05) is 18.5 Å². The summed E-state index contributed by atoms with van der Waals surface area (Å²) in [7, 11) is -2.03. The number of sulfone groups is 1. The highest BCUT2D eigenvalue weighted by molar-refractivity contribution is 7.92. The fourth-order valence-electron chi connectivity index (χ4n) is 3.64. The number of carbonyl (C=O) groups is 1. The van der Waals surface area contributed by atoms with Crippen LogP contribution in [0.2, 0.25) is 0 Å². The molecule has 1 saturated heterocycles. The summed E-state index contributed by atoms with van der Waals surface area (Å²) in [6.45, 7) is 0.607. The first-order chi connectivity index (χ1) is 13.9. The molecule has 0 unspecified atom stereocenters. The molecule has 1 aliphatic rings. The van der Waals surface area contributed by atoms with E-state index < -0.39 is 20.9 Å². The van der Waals surface area contributed by atoms with Gasteiger partial charge in [-0.05, 0) is 49.2 Å². The number of para-hydroxylation sites is 1. The van der Waals surface area contributed by atoms with Crippen LogP contribution in [0.3, 0.4) is 0 Å². The number of carbonyl (C=O) groups excluding carboxylic acids is 1. The zero-order chi connectivity index (χ0) is 20.6. The van der Waals surface area contributed by atoms with Crippen LogP contribution in [-0.4, -0.2) is 44.7 Å². The van der Waals surface area contributed by atoms with Gasteiger partial charge >= 0.3 is 0 Å². The van der Waals surface area contributed by atoms with E-state index in [4.69, 9.17) is 9.15 Å². The predicted octanol–water partition coefficient (Wildman–Crippen LogP) is 3.66. The first-order valence-electron chi connectivity index (χ1n) is 9.25. The van der Waals surface area contributed by atoms with Gasteiger partial charge in [0.05, 0.1) is 17.3 Å². The van der Waals surface area contributed by atoms with Gasteiger partial charge in [0.15, 0.2) is 26.9 Å². The summed E-state index contributed by atoms with van der Waals surface area (Å²) in [4.78, 5) is 14.5. The number of furan rings is 1. The van der Waals surface area contributed by atoms with Crippen molar-refractivity contribution in [2.24, 2.45) is 0 Å². The van der Waals surface area contributed by atoms with Gasteiger partial charge in [0.1, 0.15) is 5.82 Å². The van der Waals surface area contributed by atoms with E-state index in [-0.39, 0.29) is 16.6 Å². The Kier molecular flexibility index (Phi) is 5.04. The second kappa shape index (κ2) is 7.51. The molecular weight excluding hydrogens is 397 g/mol. The smallest absolute Gasteiger partial charge is 0.289 e. The van der Waals surface area contributed by atoms with Gasteiger partial charge in [-0.25, -0.2) is 12.8 Å². The van der Waals surface area contributed by atoms with Crippen LogP contribution in [0.25, 0.3) is 11.0 Å². The van der Waals surface area contributed by atoms with Crippen LogP contribution in [0, 0.1) is 5.82 Å². The third-order valence-electron chi connectivity index (χ3n) is 5.25. The molecule has 29 heavy (non-hydrogen) atoms. The van der Waals surface area contributed by atoms with Crippen LogP contribution < -0.4 is 4.74 Å². The number of ether oxygens (including phenoxy) is 1. The molecule has 0 aliphatic carbocycles. The summed E-state index contributed by atoms with van der Waals surface area (Å²) in [6, 6.07) is 11.9. The molecule has 0 N–H and O–H groups in total. The zero-order valence-corrected chi connectivity index (χ0v) is 16.6. The molecule has 8 heteroatoms. The second-order valence-corrected chi connectivity index (χ2v) is 9.21. The molecule has 2 heterocycles. The summed E-state index contributed by atoms with van der Waals surface area (Å²) in [5.74, 6) is -0.0114. The maximum atomic E-state index is 13.1. The Morgan fingerprint density at radius 2 is 1.83 bits per heavy atom. The minimum Gasteiger partial charge on any atom is -0.493 e. The number of benzene rings is 2. The summed E-state index contributed by atoms with van der Waals surface area (Å²) in [5, 5.41) is 0.161. The molecule has 1 fully saturated rings. The second-order valence-electron chi connectivity index (χ2n) is 6.98. The van der Waals surface area contributed by atoms with Crippen molar-refractivity contribution >= 4 is 26.7 Å². The van der Waals surface area contributed by atoms with Crippen molar-refractivity contribution in [1.82, 2.24) is 4.90 Å². The third-order valence-corrected chi connectivity index (χ3v) is 7.53. The average molecular weight is 417 g/mol. The maximum Gasteiger partial charge on any atom is 0.289 e. The molecule has 152 valence electrons. The molecule has 0 saturated carbocycles. The number of fused-ring (bicyclic) bond motifs is 1. The van der Waals surface area contributed by atoms with Gasteiger partial charge in [-0.3, -0.25) is 4.79 Å². The first kappa shape index (κ1) is 19.4. The van der Waals surface area contributed by atoms with Gasteiger partial charge in [0.2, 0.25) is 0 Å². The summed E-state index contributed by atoms with van der Waals surface area (Å²) in [6.07, 6.45) is 0.629. The monoisotopic (exact) mass is 417 g/mol. The fraction of sp³-hybridized carbons (Fsp3) is 0.286. The normalized spacial score (nSPS) is 15.6. The Labute approximate surface area is 167 Å². The number of rotatable bonds is 4. The number of hydrogen-bond acceptors (Lipinski definition) is 5. The molecule has 1 aliphatic heterocycles. The molecule has 6 nitrogen and oxygen atoms in total. The Bertz CT molecular complexity index is 1150. The number of likely N-dealkylation sites (tertiary alicyclic amines) is 1. The molecule has 2 aromatic carbocycles. The SMILES string of the molecule is COc1cccc2cc(C(=O)N3CCC(S(=O)(=O)c4ccc(F)cc4)CC3)oc12. The van der Waals surface area contributed by atoms with Crippen molar-refractivity contribution in [2.45, 2.75) is 23.0 Å². The predicted molar refractivity (Wildman–Crippen MR) is 105 cm³/mol. The lowest BCUT2D eigenvalue weighted by Crippen LogP contribution is -2.42. The third kappa shape index (κ3) is 3.60. The van der Waals surface area contributed by atoms with E-state index in [1.807, 2.05) is 12.1 Å². The summed E-state index contributed by atoms with van der Waals surface area (Å²) >= 11 is 0. The van der Waals surface area contributed by atoms with Crippen LogP contribution in [-0.2, 0) is 9.84 Å². The topological polar surface area (TPSA) is 76.8 Å². The van der Waals surface area contributed by atoms with Crippen molar-refractivity contribution in [3.63, 3.8) is 0 Å². The quantitative estimate of drug-likeness (QED) is 0.606. The average Bonchev–Trinajstić information content (AvgIpc) is 3.18. The maximum absolute atomic E-state index is 13.1. The Hall–Kier alpha value is -2.87. The fourth-order valence-corrected chi connectivity index (χ4v) is 5.38. The number of hydrogen-bond donors (Lipinski definition) is 0. The largest absolute Gasteiger partial charge is 0.493 e. The molecule has 4 rings (SSSR count). The highest BCUT2D eigenvalue weighted by Gasteiger charge is 2.33. The van der Waals surface area contributed by atoms with E-state index in [1.165, 1.54) is 19.2 Å². The van der Waals surface area contributed by atoms with E-state index in [9.17, 15) is 17.6 Å². The summed E-state index contributed by atoms with van der Waals surface area (Å²) in [5.41, 5.74) is 0.507. The highest BCUT2D eigenvalue weighted by Crippen LogP contribution is 2.30. The molecule has 0 spiro atoms. The minimum atomic E-state index is -3.57. The standard InChI is InChI=1S/C21H20FNO5S/c1-27-18-4-2-3-14-13-19(28-20(14)18)21(24)23-11-9-17(10-12-23)29(25,26)16-7-5-15(22)6-8-16/h2-8,13,17H,9-12H2,1H3. The lowest BCUT2D eigenvalue weighted by Gasteiger charge is -2.31. The van der Waals surface area contributed by atoms with Crippen molar-refractivity contribution in [3.8, 4) is 5.75 Å². The van der Waals surface area contributed by atoms with E-state index in [2.05, 4.69) is 0 Å². The van der Waals surface area contributed by atoms with Gasteiger partial charge in [0.25, 0.3) is 5.91 Å². The number of halogens is 1. The van der Waals surface area contributed by atoms with Gasteiger partial charge in [-0.15, -0.1) is 0 Å². The van der Waals surface area contributed by atoms with E-state index >= 15 is 0 Å². The molecule has 0 radical (unpaired) electrons. The molecule has 1 amide bonds. The van der Waals surface area contributed by atoms with Crippen molar-refractivity contribution in [3.05, 3.63) is 60.1 Å². The van der Waals surface area contributed by atoms with Crippen LogP contribution in [0.1, 0.15) is 23.4 Å². The van der Waals surface area contributed by atoms with Crippen LogP contribution in [0.15, 0.2) is 57.8 Å². The van der Waals surface area contributed by atoms with Crippen molar-refractivity contribution < 1.29 is 26.8 Å². The minimum absolute atomic E-state index is 0.105. The molecule has 3 aromatic rings. The van der Waals surface area contributed by atoms with E-state index in [1.54, 1.807) is 17.0 Å². The lowest BCUT2D eigenvalue weighted by molar-refractivity contribution is 0.0695. The number of nitrogens with zero attached hydrogens (tertiary/aromatic N) is 1.